The first-order chi connectivity index (χ1) is 18.7. The quantitative estimate of drug-likeness (QED) is 0.353. The lowest BCUT2D eigenvalue weighted by Gasteiger charge is -2.38. The van der Waals surface area contributed by atoms with E-state index in [1.54, 1.807) is 12.1 Å². The Morgan fingerprint density at radius 3 is 2.38 bits per heavy atom. The maximum absolute atomic E-state index is 13.3. The number of rotatable bonds is 9. The van der Waals surface area contributed by atoms with Crippen molar-refractivity contribution in [3.8, 4) is 0 Å². The number of esters is 1. The summed E-state index contributed by atoms with van der Waals surface area (Å²) in [6, 6.07) is 19.0. The minimum atomic E-state index is -0.576. The fourth-order valence-corrected chi connectivity index (χ4v) is 5.66. The minimum Gasteiger partial charge on any atom is -0.465 e. The summed E-state index contributed by atoms with van der Waals surface area (Å²) in [6.07, 6.45) is 8.23. The van der Waals surface area contributed by atoms with Crippen molar-refractivity contribution in [3.05, 3.63) is 76.9 Å². The molecule has 6 heteroatoms. The Hall–Kier alpha value is -3.12. The summed E-state index contributed by atoms with van der Waals surface area (Å²) in [5, 5.41) is 3.92. The van der Waals surface area contributed by atoms with Gasteiger partial charge in [0.1, 0.15) is 5.60 Å². The van der Waals surface area contributed by atoms with Crippen LogP contribution in [0.1, 0.15) is 87.7 Å². The summed E-state index contributed by atoms with van der Waals surface area (Å²) >= 11 is 0. The van der Waals surface area contributed by atoms with Crippen molar-refractivity contribution in [2.24, 2.45) is 5.92 Å². The van der Waals surface area contributed by atoms with Crippen molar-refractivity contribution in [3.63, 3.8) is 0 Å². The molecule has 0 bridgehead atoms. The predicted molar refractivity (Wildman–Crippen MR) is 155 cm³/mol. The van der Waals surface area contributed by atoms with Crippen molar-refractivity contribution in [2.45, 2.75) is 96.5 Å². The molecule has 2 aliphatic carbocycles. The topological polar surface area (TPSA) is 67.9 Å². The number of carbonyl (C=O) groups excluding carboxylic acids is 2. The Kier molecular flexibility index (Phi) is 9.49. The van der Waals surface area contributed by atoms with Gasteiger partial charge in [-0.05, 0) is 88.5 Å². The number of nitrogens with zero attached hydrogens (tertiary/aromatic N) is 1. The highest BCUT2D eigenvalue weighted by atomic mass is 16.6. The Morgan fingerprint density at radius 1 is 1.03 bits per heavy atom. The van der Waals surface area contributed by atoms with Crippen molar-refractivity contribution >= 4 is 18.1 Å². The number of benzene rings is 2. The number of hydrogen-bond acceptors (Lipinski definition) is 5. The molecule has 2 atom stereocenters. The summed E-state index contributed by atoms with van der Waals surface area (Å²) in [5.74, 6) is 0.240. The molecule has 0 saturated heterocycles. The second-order valence-corrected chi connectivity index (χ2v) is 11.9. The fourth-order valence-electron chi connectivity index (χ4n) is 5.66. The van der Waals surface area contributed by atoms with Crippen LogP contribution in [0, 0.1) is 5.92 Å². The van der Waals surface area contributed by atoms with Crippen LogP contribution in [0.2, 0.25) is 0 Å². The van der Waals surface area contributed by atoms with Crippen molar-refractivity contribution in [1.29, 1.82) is 0 Å². The van der Waals surface area contributed by atoms with Gasteiger partial charge in [-0.1, -0.05) is 61.0 Å². The van der Waals surface area contributed by atoms with Gasteiger partial charge in [-0.2, -0.15) is 0 Å². The van der Waals surface area contributed by atoms with Gasteiger partial charge < -0.3 is 19.7 Å². The van der Waals surface area contributed by atoms with Gasteiger partial charge in [-0.3, -0.25) is 0 Å². The highest BCUT2D eigenvalue weighted by molar-refractivity contribution is 5.89. The van der Waals surface area contributed by atoms with Crippen LogP contribution < -0.4 is 5.32 Å². The van der Waals surface area contributed by atoms with E-state index in [0.717, 1.165) is 37.7 Å². The Bertz CT molecular complexity index is 1150. The molecule has 4 rings (SSSR count). The molecule has 1 amide bonds. The molecule has 2 aromatic carbocycles. The average Bonchev–Trinajstić information content (AvgIpc) is 3.69. The molecule has 0 aromatic heterocycles. The van der Waals surface area contributed by atoms with Crippen LogP contribution in [0.25, 0.3) is 6.08 Å². The molecule has 0 heterocycles. The zero-order valence-corrected chi connectivity index (χ0v) is 24.1. The summed E-state index contributed by atoms with van der Waals surface area (Å²) in [4.78, 5) is 27.2. The van der Waals surface area contributed by atoms with E-state index >= 15 is 0 Å². The van der Waals surface area contributed by atoms with Crippen LogP contribution in [0.3, 0.4) is 0 Å². The van der Waals surface area contributed by atoms with Gasteiger partial charge in [0.25, 0.3) is 0 Å². The SMILES string of the molecule is CCC(=Cc1ccccc1)C1C[C@@H]1NC1CCC(N(Cc2cccc(C(=O)OC)c2)C(=O)OC(C)(C)C)CC1. The highest BCUT2D eigenvalue weighted by Crippen LogP contribution is 2.41. The van der Waals surface area contributed by atoms with E-state index in [1.807, 2.05) is 37.8 Å². The van der Waals surface area contributed by atoms with Crippen LogP contribution in [0.4, 0.5) is 4.79 Å². The molecule has 6 nitrogen and oxygen atoms in total. The molecule has 2 saturated carbocycles. The van der Waals surface area contributed by atoms with E-state index in [4.69, 9.17) is 9.47 Å². The molecule has 2 aliphatic rings. The first-order valence-corrected chi connectivity index (χ1v) is 14.3. The van der Waals surface area contributed by atoms with Crippen LogP contribution in [-0.2, 0) is 16.0 Å². The van der Waals surface area contributed by atoms with Crippen molar-refractivity contribution in [1.82, 2.24) is 10.2 Å². The van der Waals surface area contributed by atoms with Crippen molar-refractivity contribution in [2.75, 3.05) is 7.11 Å². The van der Waals surface area contributed by atoms with Gasteiger partial charge in [0, 0.05) is 24.7 Å². The molecular formula is C33H44N2O4. The molecular weight excluding hydrogens is 488 g/mol. The second kappa shape index (κ2) is 12.8. The maximum atomic E-state index is 13.3. The second-order valence-electron chi connectivity index (χ2n) is 11.9. The van der Waals surface area contributed by atoms with Crippen LogP contribution >= 0.6 is 0 Å². The van der Waals surface area contributed by atoms with Gasteiger partial charge in [0.2, 0.25) is 0 Å². The van der Waals surface area contributed by atoms with Crippen LogP contribution in [0.5, 0.6) is 0 Å². The predicted octanol–water partition coefficient (Wildman–Crippen LogP) is 6.99. The summed E-state index contributed by atoms with van der Waals surface area (Å²) < 4.78 is 10.7. The molecule has 39 heavy (non-hydrogen) atoms. The normalized spacial score (nSPS) is 23.2. The third-order valence-corrected chi connectivity index (χ3v) is 7.74. The Labute approximate surface area is 233 Å². The lowest BCUT2D eigenvalue weighted by molar-refractivity contribution is 0.00876. The standard InChI is InChI=1S/C33H44N2O4/c1-6-25(19-23-11-8-7-9-12-23)29-21-30(29)34-27-15-17-28(18-16-27)35(32(37)39-33(2,3)4)22-24-13-10-14-26(20-24)31(36)38-5/h7-14,19-20,27-30,34H,6,15-18,21-22H2,1-5H3/t27?,28?,29?,30-/m0/s1. The average molecular weight is 533 g/mol. The van der Waals surface area contributed by atoms with Gasteiger partial charge in [0.15, 0.2) is 0 Å². The first kappa shape index (κ1) is 28.9. The Balaban J connectivity index is 1.37. The van der Waals surface area contributed by atoms with Gasteiger partial charge in [0.05, 0.1) is 12.7 Å². The van der Waals surface area contributed by atoms with E-state index in [2.05, 4.69) is 48.6 Å². The molecule has 1 unspecified atom stereocenters. The summed E-state index contributed by atoms with van der Waals surface area (Å²) in [7, 11) is 1.38. The third-order valence-electron chi connectivity index (χ3n) is 7.74. The smallest absolute Gasteiger partial charge is 0.410 e. The largest absolute Gasteiger partial charge is 0.465 e. The summed E-state index contributed by atoms with van der Waals surface area (Å²) in [6.45, 7) is 8.33. The Morgan fingerprint density at radius 2 is 1.74 bits per heavy atom. The fraction of sp³-hybridized carbons (Fsp3) is 0.515. The molecule has 1 N–H and O–H groups in total. The number of ether oxygens (including phenoxy) is 2. The maximum Gasteiger partial charge on any atom is 0.410 e. The number of amides is 1. The number of carbonyl (C=O) groups is 2. The van der Waals surface area contributed by atoms with Gasteiger partial charge >= 0.3 is 12.1 Å². The lowest BCUT2D eigenvalue weighted by atomic mass is 9.89. The molecule has 2 aromatic rings. The molecule has 2 fully saturated rings. The van der Waals surface area contributed by atoms with Gasteiger partial charge in [-0.25, -0.2) is 9.59 Å². The van der Waals surface area contributed by atoms with Crippen LogP contribution in [0.15, 0.2) is 60.2 Å². The van der Waals surface area contributed by atoms with E-state index in [0.29, 0.717) is 30.1 Å². The molecule has 0 spiro atoms. The molecule has 0 radical (unpaired) electrons. The number of nitrogens with one attached hydrogen (secondary N) is 1. The zero-order valence-electron chi connectivity index (χ0n) is 24.1. The number of hydrogen-bond donors (Lipinski definition) is 1. The number of methoxy groups -OCH3 is 1. The minimum absolute atomic E-state index is 0.0962. The molecule has 210 valence electrons. The monoisotopic (exact) mass is 532 g/mol. The summed E-state index contributed by atoms with van der Waals surface area (Å²) in [5.41, 5.74) is 3.60. The van der Waals surface area contributed by atoms with Gasteiger partial charge in [-0.15, -0.1) is 0 Å². The van der Waals surface area contributed by atoms with Crippen LogP contribution in [-0.4, -0.2) is 47.8 Å². The highest BCUT2D eigenvalue weighted by Gasteiger charge is 2.41. The van der Waals surface area contributed by atoms with E-state index in [-0.39, 0.29) is 18.1 Å². The van der Waals surface area contributed by atoms with E-state index in [1.165, 1.54) is 24.7 Å². The first-order valence-electron chi connectivity index (χ1n) is 14.3. The zero-order chi connectivity index (χ0) is 28.0. The molecule has 0 aliphatic heterocycles. The third kappa shape index (κ3) is 8.18. The lowest BCUT2D eigenvalue weighted by Crippen LogP contribution is -2.47. The van der Waals surface area contributed by atoms with E-state index < -0.39 is 5.60 Å². The van der Waals surface area contributed by atoms with Crippen molar-refractivity contribution < 1.29 is 19.1 Å². The van der Waals surface area contributed by atoms with E-state index in [9.17, 15) is 9.59 Å².